The van der Waals surface area contributed by atoms with Gasteiger partial charge >= 0.3 is 6.18 Å². The summed E-state index contributed by atoms with van der Waals surface area (Å²) in [5, 5.41) is 0. The van der Waals surface area contributed by atoms with Gasteiger partial charge in [0.1, 0.15) is 0 Å². The lowest BCUT2D eigenvalue weighted by molar-refractivity contribution is -0.138. The highest BCUT2D eigenvalue weighted by Gasteiger charge is 2.36. The van der Waals surface area contributed by atoms with Gasteiger partial charge in [-0.2, -0.15) is 13.2 Å². The van der Waals surface area contributed by atoms with Crippen molar-refractivity contribution in [3.8, 4) is 0 Å². The lowest BCUT2D eigenvalue weighted by Gasteiger charge is -2.21. The Hall–Kier alpha value is -2.34. The summed E-state index contributed by atoms with van der Waals surface area (Å²) in [6.45, 7) is 10.2. The number of ketones is 1. The van der Waals surface area contributed by atoms with E-state index in [4.69, 9.17) is 5.73 Å². The van der Waals surface area contributed by atoms with Gasteiger partial charge < -0.3 is 5.73 Å². The molecule has 2 N–H and O–H groups in total. The molecule has 1 aliphatic heterocycles. The van der Waals surface area contributed by atoms with Crippen LogP contribution in [0.4, 0.5) is 18.9 Å². The summed E-state index contributed by atoms with van der Waals surface area (Å²) in [6, 6.07) is 9.64. The molecular weight excluding hydrogens is 413 g/mol. The van der Waals surface area contributed by atoms with Gasteiger partial charge in [-0.25, -0.2) is 0 Å². The van der Waals surface area contributed by atoms with Crippen LogP contribution in [-0.2, 0) is 19.1 Å². The number of halogens is 3. The van der Waals surface area contributed by atoms with Gasteiger partial charge in [0.15, 0.2) is 5.78 Å². The Balaban J connectivity index is 1.74. The van der Waals surface area contributed by atoms with Crippen LogP contribution < -0.4 is 5.73 Å². The van der Waals surface area contributed by atoms with Gasteiger partial charge in [0, 0.05) is 37.3 Å². The minimum atomic E-state index is -4.50. The summed E-state index contributed by atoms with van der Waals surface area (Å²) >= 11 is 0. The maximum absolute atomic E-state index is 13.8. The monoisotopic (exact) mass is 446 g/mol. The first kappa shape index (κ1) is 24.3. The molecule has 174 valence electrons. The van der Waals surface area contributed by atoms with Crippen LogP contribution in [0.25, 0.3) is 0 Å². The molecule has 1 fully saturated rings. The predicted octanol–water partition coefficient (Wildman–Crippen LogP) is 6.14. The van der Waals surface area contributed by atoms with Gasteiger partial charge in [-0.05, 0) is 59.9 Å². The summed E-state index contributed by atoms with van der Waals surface area (Å²) in [7, 11) is 0. The van der Waals surface area contributed by atoms with Gasteiger partial charge in [-0.1, -0.05) is 45.0 Å². The molecule has 0 radical (unpaired) electrons. The van der Waals surface area contributed by atoms with Crippen LogP contribution in [0.2, 0.25) is 0 Å². The highest BCUT2D eigenvalue weighted by molar-refractivity contribution is 5.96. The van der Waals surface area contributed by atoms with E-state index in [0.29, 0.717) is 29.9 Å². The summed E-state index contributed by atoms with van der Waals surface area (Å²) in [5.41, 5.74) is 8.05. The maximum Gasteiger partial charge on any atom is 0.416 e. The number of nitrogens with two attached hydrogens (primary N) is 1. The third-order valence-corrected chi connectivity index (χ3v) is 6.72. The van der Waals surface area contributed by atoms with Crippen molar-refractivity contribution in [3.63, 3.8) is 0 Å². The molecule has 3 rings (SSSR count). The van der Waals surface area contributed by atoms with E-state index in [2.05, 4.69) is 25.7 Å². The Kier molecular flexibility index (Phi) is 7.33. The number of aryl methyl sites for hydroxylation is 2. The average Bonchev–Trinajstić information content (AvgIpc) is 3.08. The summed E-state index contributed by atoms with van der Waals surface area (Å²) < 4.78 is 41.5. The average molecular weight is 447 g/mol. The Morgan fingerprint density at radius 3 is 2.47 bits per heavy atom. The molecular formula is C26H33F3N2O. The Bertz CT molecular complexity index is 968. The zero-order chi connectivity index (χ0) is 23.6. The van der Waals surface area contributed by atoms with Crippen LogP contribution in [-0.4, -0.2) is 23.8 Å². The van der Waals surface area contributed by atoms with Crippen LogP contribution in [0.15, 0.2) is 36.4 Å². The maximum atomic E-state index is 13.8. The molecule has 2 aromatic carbocycles. The molecule has 0 bridgehead atoms. The smallest absolute Gasteiger partial charge is 0.399 e. The van der Waals surface area contributed by atoms with Crippen molar-refractivity contribution in [2.75, 3.05) is 18.8 Å². The molecule has 2 atom stereocenters. The number of Topliss-reactive ketones (excluding diaryl/α,β-unsaturated/α-hetero) is 1. The first-order chi connectivity index (χ1) is 15.0. The molecule has 1 aliphatic rings. The van der Waals surface area contributed by atoms with Crippen molar-refractivity contribution in [3.05, 3.63) is 64.2 Å². The van der Waals surface area contributed by atoms with Crippen molar-refractivity contribution in [1.82, 2.24) is 4.90 Å². The SMILES string of the molecule is Cc1ccc(CCC(=O)c2ccc(CN3CC(C)[C@H](C(C)C)C3)c(C(F)(F)F)c2)cc1N. The number of benzene rings is 2. The van der Waals surface area contributed by atoms with E-state index < -0.39 is 11.7 Å². The van der Waals surface area contributed by atoms with Crippen molar-refractivity contribution in [1.29, 1.82) is 0 Å². The third-order valence-electron chi connectivity index (χ3n) is 6.72. The number of carbonyl (C=O) groups excluding carboxylic acids is 1. The molecule has 0 aliphatic carbocycles. The predicted molar refractivity (Wildman–Crippen MR) is 122 cm³/mol. The van der Waals surface area contributed by atoms with Gasteiger partial charge in [0.2, 0.25) is 0 Å². The Morgan fingerprint density at radius 2 is 1.88 bits per heavy atom. The molecule has 1 heterocycles. The number of nitrogens with zero attached hydrogens (tertiary/aromatic N) is 1. The number of alkyl halides is 3. The second kappa shape index (κ2) is 9.65. The number of nitrogen functional groups attached to an aromatic ring is 1. The van der Waals surface area contributed by atoms with Crippen molar-refractivity contribution < 1.29 is 18.0 Å². The van der Waals surface area contributed by atoms with Gasteiger partial charge in [-0.3, -0.25) is 9.69 Å². The summed E-state index contributed by atoms with van der Waals surface area (Å²) in [4.78, 5) is 14.8. The van der Waals surface area contributed by atoms with Crippen molar-refractivity contribution >= 4 is 11.5 Å². The van der Waals surface area contributed by atoms with E-state index in [0.717, 1.165) is 30.3 Å². The fourth-order valence-corrected chi connectivity index (χ4v) is 4.73. The lowest BCUT2D eigenvalue weighted by Crippen LogP contribution is -2.23. The topological polar surface area (TPSA) is 46.3 Å². The first-order valence-corrected chi connectivity index (χ1v) is 11.3. The molecule has 0 spiro atoms. The fourth-order valence-electron chi connectivity index (χ4n) is 4.73. The molecule has 0 aromatic heterocycles. The van der Waals surface area contributed by atoms with Crippen molar-refractivity contribution in [2.24, 2.45) is 17.8 Å². The molecule has 2 aromatic rings. The second-order valence-electron chi connectivity index (χ2n) is 9.56. The van der Waals surface area contributed by atoms with Gasteiger partial charge in [0.25, 0.3) is 0 Å². The zero-order valence-electron chi connectivity index (χ0n) is 19.3. The summed E-state index contributed by atoms with van der Waals surface area (Å²) in [6.07, 6.45) is -3.92. The normalized spacial score (nSPS) is 19.6. The van der Waals surface area contributed by atoms with Crippen LogP contribution in [0.5, 0.6) is 0 Å². The van der Waals surface area contributed by atoms with Gasteiger partial charge in [-0.15, -0.1) is 0 Å². The zero-order valence-corrected chi connectivity index (χ0v) is 19.3. The summed E-state index contributed by atoms with van der Waals surface area (Å²) in [5.74, 6) is 1.15. The minimum absolute atomic E-state index is 0.107. The fraction of sp³-hybridized carbons (Fsp3) is 0.500. The lowest BCUT2D eigenvalue weighted by atomic mass is 9.88. The molecule has 0 saturated carbocycles. The van der Waals surface area contributed by atoms with E-state index in [1.165, 1.54) is 12.1 Å². The van der Waals surface area contributed by atoms with Crippen LogP contribution >= 0.6 is 0 Å². The molecule has 1 saturated heterocycles. The second-order valence-corrected chi connectivity index (χ2v) is 9.56. The number of likely N-dealkylation sites (tertiary alicyclic amines) is 1. The van der Waals surface area contributed by atoms with Crippen molar-refractivity contribution in [2.45, 2.75) is 53.3 Å². The van der Waals surface area contributed by atoms with E-state index >= 15 is 0 Å². The standard InChI is InChI=1S/C26H33F3N2O/c1-16(2)22-15-31(13-18(22)4)14-21-9-8-20(12-23(21)26(27,28)29)25(32)10-7-19-6-5-17(3)24(30)11-19/h5-6,8-9,11-12,16,18,22H,7,10,13-15,30H2,1-4H3/t18?,22-/m0/s1. The molecule has 6 heteroatoms. The minimum Gasteiger partial charge on any atom is -0.399 e. The molecule has 32 heavy (non-hydrogen) atoms. The van der Waals surface area contributed by atoms with E-state index in [-0.39, 0.29) is 29.9 Å². The number of hydrogen-bond donors (Lipinski definition) is 1. The Labute approximate surface area is 188 Å². The van der Waals surface area contributed by atoms with E-state index in [9.17, 15) is 18.0 Å². The largest absolute Gasteiger partial charge is 0.416 e. The third kappa shape index (κ3) is 5.71. The number of anilines is 1. The van der Waals surface area contributed by atoms with Crippen LogP contribution in [0.3, 0.4) is 0 Å². The van der Waals surface area contributed by atoms with E-state index in [1.807, 2.05) is 25.1 Å². The molecule has 3 nitrogen and oxygen atoms in total. The highest BCUT2D eigenvalue weighted by atomic mass is 19.4. The van der Waals surface area contributed by atoms with Crippen LogP contribution in [0.1, 0.15) is 59.8 Å². The van der Waals surface area contributed by atoms with Crippen LogP contribution in [0, 0.1) is 24.7 Å². The number of hydrogen-bond acceptors (Lipinski definition) is 3. The van der Waals surface area contributed by atoms with E-state index in [1.54, 1.807) is 0 Å². The Morgan fingerprint density at radius 1 is 1.16 bits per heavy atom. The van der Waals surface area contributed by atoms with Gasteiger partial charge in [0.05, 0.1) is 5.56 Å². The molecule has 1 unspecified atom stereocenters. The number of rotatable bonds is 7. The quantitative estimate of drug-likeness (QED) is 0.411. The number of carbonyl (C=O) groups is 1. The highest BCUT2D eigenvalue weighted by Crippen LogP contribution is 2.36. The molecule has 0 amide bonds. The first-order valence-electron chi connectivity index (χ1n) is 11.3.